The number of carbonyl (C=O) groups is 2. The summed E-state index contributed by atoms with van der Waals surface area (Å²) < 4.78 is 0. The zero-order chi connectivity index (χ0) is 26.5. The molecular weight excluding hydrogens is 500 g/mol. The topological polar surface area (TPSA) is 86.6 Å². The van der Waals surface area contributed by atoms with Crippen LogP contribution < -0.4 is 4.90 Å². The summed E-state index contributed by atoms with van der Waals surface area (Å²) in [4.78, 5) is 38.2. The van der Waals surface area contributed by atoms with Crippen LogP contribution in [0.3, 0.4) is 0 Å². The molecule has 194 valence electrons. The first kappa shape index (κ1) is 25.7. The van der Waals surface area contributed by atoms with Crippen LogP contribution >= 0.6 is 11.6 Å². The molecule has 1 aliphatic rings. The maximum Gasteiger partial charge on any atom is 0.303 e. The van der Waals surface area contributed by atoms with Crippen molar-refractivity contribution in [1.82, 2.24) is 14.9 Å². The number of piperazine rings is 1. The lowest BCUT2D eigenvalue weighted by molar-refractivity contribution is -0.137. The molecule has 0 aliphatic carbocycles. The molecule has 5 rings (SSSR count). The highest BCUT2D eigenvalue weighted by atomic mass is 35.5. The van der Waals surface area contributed by atoms with E-state index < -0.39 is 5.97 Å². The van der Waals surface area contributed by atoms with Gasteiger partial charge >= 0.3 is 5.97 Å². The third-order valence-corrected chi connectivity index (χ3v) is 7.16. The van der Waals surface area contributed by atoms with Gasteiger partial charge in [-0.05, 0) is 49.6 Å². The van der Waals surface area contributed by atoms with Crippen LogP contribution in [0.25, 0.3) is 22.3 Å². The molecule has 1 aromatic heterocycles. The van der Waals surface area contributed by atoms with Crippen LogP contribution in [0.1, 0.15) is 35.3 Å². The van der Waals surface area contributed by atoms with E-state index >= 15 is 0 Å². The number of carbonyl (C=O) groups excluding carboxylic acids is 1. The number of amides is 1. The minimum absolute atomic E-state index is 0.0253. The van der Waals surface area contributed by atoms with Gasteiger partial charge in [-0.25, -0.2) is 9.97 Å². The second-order valence-electron chi connectivity index (χ2n) is 9.42. The van der Waals surface area contributed by atoms with Crippen LogP contribution in [0.2, 0.25) is 5.02 Å². The number of carboxylic acids is 1. The summed E-state index contributed by atoms with van der Waals surface area (Å²) in [6, 6.07) is 23.1. The highest BCUT2D eigenvalue weighted by Gasteiger charge is 2.24. The molecule has 4 aromatic rings. The molecular formula is C30H29ClN4O3. The molecule has 1 amide bonds. The summed E-state index contributed by atoms with van der Waals surface area (Å²) in [5, 5.41) is 9.70. The summed E-state index contributed by atoms with van der Waals surface area (Å²) in [6.45, 7) is 2.64. The largest absolute Gasteiger partial charge is 0.481 e. The van der Waals surface area contributed by atoms with Gasteiger partial charge in [-0.2, -0.15) is 0 Å². The normalized spacial score (nSPS) is 13.6. The van der Waals surface area contributed by atoms with Crippen LogP contribution in [-0.4, -0.2) is 58.0 Å². The molecule has 1 fully saturated rings. The van der Waals surface area contributed by atoms with E-state index in [2.05, 4.69) is 4.90 Å². The van der Waals surface area contributed by atoms with Crippen LogP contribution in [0.15, 0.2) is 72.8 Å². The van der Waals surface area contributed by atoms with Crippen molar-refractivity contribution < 1.29 is 14.7 Å². The van der Waals surface area contributed by atoms with Crippen LogP contribution in [0.4, 0.5) is 5.69 Å². The van der Waals surface area contributed by atoms with Crippen molar-refractivity contribution in [3.05, 3.63) is 89.1 Å². The minimum atomic E-state index is -0.797. The lowest BCUT2D eigenvalue weighted by Gasteiger charge is -2.36. The Balaban J connectivity index is 1.36. The zero-order valence-corrected chi connectivity index (χ0v) is 21.8. The van der Waals surface area contributed by atoms with E-state index in [9.17, 15) is 9.59 Å². The van der Waals surface area contributed by atoms with Gasteiger partial charge in [0.1, 0.15) is 0 Å². The summed E-state index contributed by atoms with van der Waals surface area (Å²) in [6.07, 6.45) is 2.01. The molecule has 3 aromatic carbocycles. The summed E-state index contributed by atoms with van der Waals surface area (Å²) in [5.41, 5.74) is 5.54. The number of aromatic nitrogens is 2. The second-order valence-corrected chi connectivity index (χ2v) is 9.83. The van der Waals surface area contributed by atoms with Gasteiger partial charge in [0.25, 0.3) is 5.91 Å². The van der Waals surface area contributed by atoms with Crippen LogP contribution in [0.5, 0.6) is 0 Å². The van der Waals surface area contributed by atoms with Crippen molar-refractivity contribution in [1.29, 1.82) is 0 Å². The predicted molar refractivity (Wildman–Crippen MR) is 150 cm³/mol. The van der Waals surface area contributed by atoms with E-state index in [1.807, 2.05) is 77.7 Å². The number of rotatable bonds is 8. The number of anilines is 1. The van der Waals surface area contributed by atoms with E-state index in [0.29, 0.717) is 61.5 Å². The van der Waals surface area contributed by atoms with Crippen molar-refractivity contribution >= 4 is 40.2 Å². The fourth-order valence-corrected chi connectivity index (χ4v) is 5.09. The fraction of sp³-hybridized carbons (Fsp3) is 0.267. The van der Waals surface area contributed by atoms with Gasteiger partial charge in [0.05, 0.1) is 33.1 Å². The van der Waals surface area contributed by atoms with Crippen molar-refractivity contribution in [3.8, 4) is 11.3 Å². The Labute approximate surface area is 226 Å². The molecule has 7 nitrogen and oxygen atoms in total. The van der Waals surface area contributed by atoms with Gasteiger partial charge in [0.2, 0.25) is 0 Å². The highest BCUT2D eigenvalue weighted by Crippen LogP contribution is 2.28. The number of para-hydroxylation sites is 1. The average molecular weight is 529 g/mol. The second kappa shape index (κ2) is 11.6. The highest BCUT2D eigenvalue weighted by molar-refractivity contribution is 6.33. The number of carboxylic acid groups (broad SMARTS) is 1. The number of hydrogen-bond acceptors (Lipinski definition) is 5. The minimum Gasteiger partial charge on any atom is -0.481 e. The van der Waals surface area contributed by atoms with Crippen LogP contribution in [-0.2, 0) is 11.2 Å². The number of benzene rings is 3. The Hall–Kier alpha value is -3.97. The maximum absolute atomic E-state index is 13.4. The Morgan fingerprint density at radius 3 is 2.32 bits per heavy atom. The van der Waals surface area contributed by atoms with E-state index in [0.717, 1.165) is 28.2 Å². The molecule has 1 aliphatic heterocycles. The Morgan fingerprint density at radius 2 is 1.58 bits per heavy atom. The SMILES string of the molecule is O=C(O)CCCCc1nc2cc(C(=O)N3CCN(c4ccccc4Cl)CC3)ccc2nc1-c1ccccc1. The monoisotopic (exact) mass is 528 g/mol. The van der Waals surface area contributed by atoms with E-state index in [4.69, 9.17) is 26.7 Å². The first-order valence-corrected chi connectivity index (χ1v) is 13.2. The van der Waals surface area contributed by atoms with Crippen LogP contribution in [0, 0.1) is 0 Å². The Kier molecular flexibility index (Phi) is 7.84. The van der Waals surface area contributed by atoms with Crippen molar-refractivity contribution in [3.63, 3.8) is 0 Å². The zero-order valence-electron chi connectivity index (χ0n) is 21.0. The molecule has 38 heavy (non-hydrogen) atoms. The van der Waals surface area contributed by atoms with E-state index in [1.165, 1.54) is 0 Å². The molecule has 1 saturated heterocycles. The molecule has 0 spiro atoms. The first-order valence-electron chi connectivity index (χ1n) is 12.9. The summed E-state index contributed by atoms with van der Waals surface area (Å²) in [5.74, 6) is -0.823. The van der Waals surface area contributed by atoms with E-state index in [-0.39, 0.29) is 12.3 Å². The van der Waals surface area contributed by atoms with Crippen molar-refractivity contribution in [2.24, 2.45) is 0 Å². The molecule has 0 radical (unpaired) electrons. The fourth-order valence-electron chi connectivity index (χ4n) is 4.84. The third-order valence-electron chi connectivity index (χ3n) is 6.84. The summed E-state index contributed by atoms with van der Waals surface area (Å²) in [7, 11) is 0. The number of fused-ring (bicyclic) bond motifs is 1. The Morgan fingerprint density at radius 1 is 0.842 bits per heavy atom. The molecule has 0 unspecified atom stereocenters. The van der Waals surface area contributed by atoms with Crippen molar-refractivity contribution in [2.45, 2.75) is 25.7 Å². The van der Waals surface area contributed by atoms with Gasteiger partial charge in [-0.15, -0.1) is 0 Å². The molecule has 8 heteroatoms. The summed E-state index contributed by atoms with van der Waals surface area (Å²) >= 11 is 6.36. The number of aryl methyl sites for hydroxylation is 1. The molecule has 0 atom stereocenters. The smallest absolute Gasteiger partial charge is 0.303 e. The van der Waals surface area contributed by atoms with Crippen molar-refractivity contribution in [2.75, 3.05) is 31.1 Å². The number of aliphatic carboxylic acids is 1. The van der Waals surface area contributed by atoms with Gasteiger partial charge in [0, 0.05) is 43.7 Å². The molecule has 2 heterocycles. The quantitative estimate of drug-likeness (QED) is 0.295. The number of nitrogens with zero attached hydrogens (tertiary/aromatic N) is 4. The predicted octanol–water partition coefficient (Wildman–Crippen LogP) is 5.71. The lowest BCUT2D eigenvalue weighted by Crippen LogP contribution is -2.48. The number of halogens is 1. The van der Waals surface area contributed by atoms with Gasteiger partial charge in [0.15, 0.2) is 0 Å². The van der Waals surface area contributed by atoms with E-state index in [1.54, 1.807) is 0 Å². The van der Waals surface area contributed by atoms with Gasteiger partial charge in [-0.1, -0.05) is 54.1 Å². The lowest BCUT2D eigenvalue weighted by atomic mass is 10.0. The molecule has 0 saturated carbocycles. The molecule has 1 N–H and O–H groups in total. The van der Waals surface area contributed by atoms with Gasteiger partial charge in [-0.3, -0.25) is 9.59 Å². The molecule has 0 bridgehead atoms. The Bertz CT molecular complexity index is 1450. The van der Waals surface area contributed by atoms with Gasteiger partial charge < -0.3 is 14.9 Å². The standard InChI is InChI=1S/C30H29ClN4O3/c31-23-10-4-6-12-27(23)34-16-18-35(19-17-34)30(38)22-14-15-24-26(20-22)32-25(11-5-7-13-28(36)37)29(33-24)21-8-2-1-3-9-21/h1-4,6,8-10,12,14-15,20H,5,7,11,13,16-19H2,(H,36,37). The third kappa shape index (κ3) is 5.78. The number of unbranched alkanes of at least 4 members (excludes halogenated alkanes) is 1. The average Bonchev–Trinajstić information content (AvgIpc) is 2.95. The first-order chi connectivity index (χ1) is 18.5. The maximum atomic E-state index is 13.4. The number of hydrogen-bond donors (Lipinski definition) is 1.